The number of halogens is 1. The van der Waals surface area contributed by atoms with Gasteiger partial charge in [-0.25, -0.2) is 0 Å². The molecule has 2 aromatic rings. The lowest BCUT2D eigenvalue weighted by Gasteiger charge is -2.36. The zero-order valence-corrected chi connectivity index (χ0v) is 14.5. The highest BCUT2D eigenvalue weighted by Crippen LogP contribution is 2.26. The molecular weight excluding hydrogens is 344 g/mol. The number of hydrogen-bond donors (Lipinski definition) is 1. The van der Waals surface area contributed by atoms with Gasteiger partial charge in [0.05, 0.1) is 4.92 Å². The van der Waals surface area contributed by atoms with Crippen molar-refractivity contribution in [2.75, 3.05) is 32.8 Å². The van der Waals surface area contributed by atoms with E-state index in [0.717, 1.165) is 25.2 Å². The fourth-order valence-electron chi connectivity index (χ4n) is 2.92. The van der Waals surface area contributed by atoms with Crippen LogP contribution in [0.15, 0.2) is 48.8 Å². The van der Waals surface area contributed by atoms with E-state index in [1.165, 1.54) is 6.07 Å². The Morgan fingerprint density at radius 1 is 1.32 bits per heavy atom. The van der Waals surface area contributed by atoms with Crippen molar-refractivity contribution in [1.82, 2.24) is 15.2 Å². The van der Waals surface area contributed by atoms with Crippen molar-refractivity contribution in [1.29, 1.82) is 0 Å². The predicted molar refractivity (Wildman–Crippen MR) is 97.3 cm³/mol. The van der Waals surface area contributed by atoms with Crippen LogP contribution in [0.2, 0.25) is 0 Å². The molecule has 8 heteroatoms. The Morgan fingerprint density at radius 2 is 2.16 bits per heavy atom. The molecule has 0 radical (unpaired) electrons. The van der Waals surface area contributed by atoms with Gasteiger partial charge in [-0.05, 0) is 17.7 Å². The van der Waals surface area contributed by atoms with E-state index >= 15 is 0 Å². The van der Waals surface area contributed by atoms with Gasteiger partial charge in [0.2, 0.25) is 0 Å². The summed E-state index contributed by atoms with van der Waals surface area (Å²) in [6, 6.07) is 10.7. The number of nitrogens with one attached hydrogen (secondary N) is 1. The minimum Gasteiger partial charge on any atom is -0.485 e. The van der Waals surface area contributed by atoms with E-state index in [4.69, 9.17) is 4.74 Å². The molecule has 1 unspecified atom stereocenters. The van der Waals surface area contributed by atoms with Crippen molar-refractivity contribution in [2.45, 2.75) is 6.04 Å². The number of aromatic nitrogens is 1. The molecule has 0 spiro atoms. The third kappa shape index (κ3) is 4.88. The second-order valence-electron chi connectivity index (χ2n) is 5.62. The molecule has 1 fully saturated rings. The molecule has 1 N–H and O–H groups in total. The highest BCUT2D eigenvalue weighted by atomic mass is 35.5. The van der Waals surface area contributed by atoms with Gasteiger partial charge in [-0.2, -0.15) is 0 Å². The summed E-state index contributed by atoms with van der Waals surface area (Å²) in [5, 5.41) is 14.4. The van der Waals surface area contributed by atoms with Crippen molar-refractivity contribution in [2.24, 2.45) is 0 Å². The van der Waals surface area contributed by atoms with Gasteiger partial charge >= 0.3 is 5.69 Å². The number of benzene rings is 1. The summed E-state index contributed by atoms with van der Waals surface area (Å²) in [6.45, 7) is 3.79. The quantitative estimate of drug-likeness (QED) is 0.626. The highest BCUT2D eigenvalue weighted by Gasteiger charge is 2.24. The molecule has 1 aromatic heterocycles. The first kappa shape index (κ1) is 19.1. The van der Waals surface area contributed by atoms with Crippen molar-refractivity contribution in [3.8, 4) is 5.75 Å². The topological polar surface area (TPSA) is 80.5 Å². The summed E-state index contributed by atoms with van der Waals surface area (Å²) >= 11 is 0. The van der Waals surface area contributed by atoms with E-state index < -0.39 is 4.92 Å². The Labute approximate surface area is 152 Å². The monoisotopic (exact) mass is 364 g/mol. The fraction of sp³-hybridized carbons (Fsp3) is 0.353. The Hall–Kier alpha value is -2.22. The molecule has 1 aromatic carbocycles. The van der Waals surface area contributed by atoms with E-state index in [1.54, 1.807) is 24.4 Å². The number of nitro benzene ring substituents is 1. The maximum atomic E-state index is 11.0. The summed E-state index contributed by atoms with van der Waals surface area (Å²) in [6.07, 6.45) is 3.65. The molecule has 2 heterocycles. The third-order valence-electron chi connectivity index (χ3n) is 4.12. The van der Waals surface area contributed by atoms with Crippen LogP contribution < -0.4 is 10.1 Å². The van der Waals surface area contributed by atoms with Crippen molar-refractivity contribution >= 4 is 18.1 Å². The van der Waals surface area contributed by atoms with Gasteiger partial charge in [-0.15, -0.1) is 12.4 Å². The fourth-order valence-corrected chi connectivity index (χ4v) is 2.92. The number of pyridine rings is 1. The smallest absolute Gasteiger partial charge is 0.310 e. The van der Waals surface area contributed by atoms with Crippen LogP contribution >= 0.6 is 12.4 Å². The lowest BCUT2D eigenvalue weighted by atomic mass is 10.1. The van der Waals surface area contributed by atoms with Crippen LogP contribution in [0.25, 0.3) is 0 Å². The Bertz CT molecular complexity index is 687. The van der Waals surface area contributed by atoms with Crippen LogP contribution in [0.4, 0.5) is 5.69 Å². The lowest BCUT2D eigenvalue weighted by molar-refractivity contribution is -0.385. The minimum absolute atomic E-state index is 0. The van der Waals surface area contributed by atoms with Gasteiger partial charge in [0, 0.05) is 50.7 Å². The van der Waals surface area contributed by atoms with Crippen LogP contribution in [-0.2, 0) is 0 Å². The van der Waals surface area contributed by atoms with Crippen LogP contribution in [-0.4, -0.2) is 47.6 Å². The molecule has 1 saturated heterocycles. The molecule has 1 atom stereocenters. The van der Waals surface area contributed by atoms with E-state index in [-0.39, 0.29) is 24.1 Å². The molecule has 0 bridgehead atoms. The number of nitrogens with zero attached hydrogens (tertiary/aromatic N) is 3. The maximum absolute atomic E-state index is 11.0. The summed E-state index contributed by atoms with van der Waals surface area (Å²) in [7, 11) is 0. The molecule has 0 aliphatic carbocycles. The summed E-state index contributed by atoms with van der Waals surface area (Å²) in [4.78, 5) is 17.1. The maximum Gasteiger partial charge on any atom is 0.310 e. The standard InChI is InChI=1S/C17H20N4O3.ClH/c22-21(23)15-5-1-2-6-17(15)24-11-10-20-9-8-19-13-16(20)14-4-3-7-18-12-14;/h1-7,12,16,19H,8-11,13H2;1H. The van der Waals surface area contributed by atoms with E-state index in [1.807, 2.05) is 12.3 Å². The first-order valence-corrected chi connectivity index (χ1v) is 7.96. The van der Waals surface area contributed by atoms with Gasteiger partial charge in [-0.3, -0.25) is 20.0 Å². The van der Waals surface area contributed by atoms with E-state index in [0.29, 0.717) is 18.9 Å². The first-order valence-electron chi connectivity index (χ1n) is 7.96. The zero-order chi connectivity index (χ0) is 16.8. The number of piperazine rings is 1. The lowest BCUT2D eigenvalue weighted by Crippen LogP contribution is -2.47. The zero-order valence-electron chi connectivity index (χ0n) is 13.7. The molecule has 0 saturated carbocycles. The Kier molecular flexibility index (Phi) is 7.12. The average Bonchev–Trinajstić information content (AvgIpc) is 2.63. The molecule has 1 aliphatic rings. The molecule has 25 heavy (non-hydrogen) atoms. The SMILES string of the molecule is Cl.O=[N+]([O-])c1ccccc1OCCN1CCNCC1c1cccnc1. The second kappa shape index (κ2) is 9.31. The van der Waals surface area contributed by atoms with Gasteiger partial charge in [0.15, 0.2) is 5.75 Å². The van der Waals surface area contributed by atoms with Crippen LogP contribution in [0.1, 0.15) is 11.6 Å². The number of rotatable bonds is 6. The second-order valence-corrected chi connectivity index (χ2v) is 5.62. The summed E-state index contributed by atoms with van der Waals surface area (Å²) in [5.74, 6) is 0.315. The largest absolute Gasteiger partial charge is 0.485 e. The first-order chi connectivity index (χ1) is 11.8. The number of nitro groups is 1. The number of hydrogen-bond acceptors (Lipinski definition) is 6. The average molecular weight is 365 g/mol. The molecule has 0 amide bonds. The number of ether oxygens (including phenoxy) is 1. The minimum atomic E-state index is -0.418. The number of para-hydroxylation sites is 2. The molecule has 134 valence electrons. The summed E-state index contributed by atoms with van der Waals surface area (Å²) < 4.78 is 5.67. The van der Waals surface area contributed by atoms with E-state index in [2.05, 4.69) is 21.3 Å². The molecular formula is C17H21ClN4O3. The van der Waals surface area contributed by atoms with Gasteiger partial charge in [-0.1, -0.05) is 18.2 Å². The van der Waals surface area contributed by atoms with Gasteiger partial charge < -0.3 is 10.1 Å². The molecule has 1 aliphatic heterocycles. The van der Waals surface area contributed by atoms with Crippen LogP contribution in [0, 0.1) is 10.1 Å². The van der Waals surface area contributed by atoms with Gasteiger partial charge in [0.25, 0.3) is 0 Å². The van der Waals surface area contributed by atoms with E-state index in [9.17, 15) is 10.1 Å². The predicted octanol–water partition coefficient (Wildman–Crippen LogP) is 2.44. The van der Waals surface area contributed by atoms with Gasteiger partial charge in [0.1, 0.15) is 6.61 Å². The highest BCUT2D eigenvalue weighted by molar-refractivity contribution is 5.85. The van der Waals surface area contributed by atoms with Crippen molar-refractivity contribution in [3.63, 3.8) is 0 Å². The summed E-state index contributed by atoms with van der Waals surface area (Å²) in [5.41, 5.74) is 1.16. The van der Waals surface area contributed by atoms with Crippen molar-refractivity contribution < 1.29 is 9.66 Å². The molecule has 3 rings (SSSR count). The van der Waals surface area contributed by atoms with Crippen LogP contribution in [0.3, 0.4) is 0 Å². The normalized spacial score (nSPS) is 17.5. The Balaban J connectivity index is 0.00000225. The van der Waals surface area contributed by atoms with Crippen molar-refractivity contribution in [3.05, 3.63) is 64.5 Å². The third-order valence-corrected chi connectivity index (χ3v) is 4.12. The Morgan fingerprint density at radius 3 is 2.92 bits per heavy atom. The molecule has 7 nitrogen and oxygen atoms in total. The van der Waals surface area contributed by atoms with Crippen LogP contribution in [0.5, 0.6) is 5.75 Å².